The predicted octanol–water partition coefficient (Wildman–Crippen LogP) is 1.45. The smallest absolute Gasteiger partial charge is 0.222 e. The second-order valence-electron chi connectivity index (χ2n) is 5.37. The molecule has 0 saturated carbocycles. The number of halogens is 2. The maximum absolute atomic E-state index is 11.7. The van der Waals surface area contributed by atoms with Crippen LogP contribution in [0.1, 0.15) is 12.0 Å². The summed E-state index contributed by atoms with van der Waals surface area (Å²) in [6.07, 6.45) is 0.0473. The number of nitrogens with two attached hydrogens (primary N) is 1. The number of ether oxygens (including phenoxy) is 2. The van der Waals surface area contributed by atoms with E-state index in [-0.39, 0.29) is 43.2 Å². The molecule has 1 aromatic rings. The van der Waals surface area contributed by atoms with Gasteiger partial charge < -0.3 is 25.4 Å². The molecule has 6 nitrogen and oxygen atoms in total. The Morgan fingerprint density at radius 1 is 1.25 bits per heavy atom. The highest BCUT2D eigenvalue weighted by molar-refractivity contribution is 5.85. The van der Waals surface area contributed by atoms with E-state index >= 15 is 0 Å². The first-order valence-electron chi connectivity index (χ1n) is 7.41. The molecule has 1 aromatic carbocycles. The summed E-state index contributed by atoms with van der Waals surface area (Å²) in [4.78, 5) is 13.8. The molecule has 0 radical (unpaired) electrons. The minimum atomic E-state index is -0.229. The third kappa shape index (κ3) is 10.7. The van der Waals surface area contributed by atoms with Crippen LogP contribution in [0.25, 0.3) is 0 Å². The van der Waals surface area contributed by atoms with E-state index in [0.717, 1.165) is 17.9 Å². The first kappa shape index (κ1) is 25.2. The number of methoxy groups -OCH3 is 1. The van der Waals surface area contributed by atoms with Gasteiger partial charge in [0.15, 0.2) is 0 Å². The van der Waals surface area contributed by atoms with E-state index in [9.17, 15) is 4.79 Å². The Bertz CT molecular complexity index is 441. The molecule has 140 valence electrons. The van der Waals surface area contributed by atoms with Crippen LogP contribution < -0.4 is 15.8 Å². The van der Waals surface area contributed by atoms with Crippen LogP contribution in [0.2, 0.25) is 0 Å². The van der Waals surface area contributed by atoms with Gasteiger partial charge in [-0.15, -0.1) is 24.8 Å². The summed E-state index contributed by atoms with van der Waals surface area (Å²) in [7, 11) is 5.57. The van der Waals surface area contributed by atoms with Gasteiger partial charge in [-0.25, -0.2) is 0 Å². The first-order chi connectivity index (χ1) is 10.5. The summed E-state index contributed by atoms with van der Waals surface area (Å²) < 4.78 is 10.7. The molecule has 1 atom stereocenters. The van der Waals surface area contributed by atoms with Crippen LogP contribution in [0.3, 0.4) is 0 Å². The zero-order valence-corrected chi connectivity index (χ0v) is 16.1. The number of carbonyl (C=O) groups excluding carboxylic acids is 1. The molecule has 1 unspecified atom stereocenters. The van der Waals surface area contributed by atoms with E-state index in [2.05, 4.69) is 10.2 Å². The predicted molar refractivity (Wildman–Crippen MR) is 101 cm³/mol. The maximum atomic E-state index is 11.7. The van der Waals surface area contributed by atoms with Crippen LogP contribution in [0.5, 0.6) is 5.75 Å². The van der Waals surface area contributed by atoms with E-state index < -0.39 is 0 Å². The van der Waals surface area contributed by atoms with Gasteiger partial charge in [-0.1, -0.05) is 12.1 Å². The molecule has 0 aliphatic carbocycles. The summed E-state index contributed by atoms with van der Waals surface area (Å²) in [5.41, 5.74) is 6.52. The summed E-state index contributed by atoms with van der Waals surface area (Å²) >= 11 is 0. The molecule has 0 bridgehead atoms. The number of rotatable bonds is 10. The normalized spacial score (nSPS) is 11.2. The molecule has 0 heterocycles. The van der Waals surface area contributed by atoms with Gasteiger partial charge in [-0.2, -0.15) is 0 Å². The number of benzene rings is 1. The molecular weight excluding hydrogens is 353 g/mol. The van der Waals surface area contributed by atoms with Gasteiger partial charge in [0.2, 0.25) is 5.91 Å². The van der Waals surface area contributed by atoms with E-state index in [1.165, 1.54) is 0 Å². The largest absolute Gasteiger partial charge is 0.492 e. The van der Waals surface area contributed by atoms with Crippen molar-refractivity contribution < 1.29 is 14.3 Å². The molecule has 0 aliphatic heterocycles. The number of hydrogen-bond acceptors (Lipinski definition) is 5. The second kappa shape index (κ2) is 14.3. The highest BCUT2D eigenvalue weighted by Gasteiger charge is 2.10. The Labute approximate surface area is 156 Å². The molecule has 0 aliphatic rings. The van der Waals surface area contributed by atoms with Crippen molar-refractivity contribution >= 4 is 30.7 Å². The molecular formula is C16H29Cl2N3O3. The quantitative estimate of drug-likeness (QED) is 0.641. The standard InChI is InChI=1S/C16H27N3O3.2ClH/c1-19(2)8-9-22-14-6-4-13(5-7-14)12-18-16(20)10-15(11-17)21-3;;/h4-7,15H,8-12,17H2,1-3H3,(H,18,20);2*1H. The fraction of sp³-hybridized carbons (Fsp3) is 0.562. The number of amides is 1. The van der Waals surface area contributed by atoms with Crippen molar-refractivity contribution in [3.8, 4) is 5.75 Å². The highest BCUT2D eigenvalue weighted by atomic mass is 35.5. The van der Waals surface area contributed by atoms with Crippen molar-refractivity contribution in [2.45, 2.75) is 19.1 Å². The second-order valence-corrected chi connectivity index (χ2v) is 5.37. The average Bonchev–Trinajstić information content (AvgIpc) is 2.51. The van der Waals surface area contributed by atoms with E-state index in [1.807, 2.05) is 38.4 Å². The van der Waals surface area contributed by atoms with Crippen LogP contribution in [0.4, 0.5) is 0 Å². The van der Waals surface area contributed by atoms with E-state index in [4.69, 9.17) is 15.2 Å². The molecule has 0 aromatic heterocycles. The lowest BCUT2D eigenvalue weighted by atomic mass is 10.2. The van der Waals surface area contributed by atoms with Crippen molar-refractivity contribution in [3.05, 3.63) is 29.8 Å². The van der Waals surface area contributed by atoms with Gasteiger partial charge >= 0.3 is 0 Å². The maximum Gasteiger partial charge on any atom is 0.222 e. The number of carbonyl (C=O) groups is 1. The molecule has 0 spiro atoms. The van der Waals surface area contributed by atoms with Gasteiger partial charge in [-0.05, 0) is 31.8 Å². The van der Waals surface area contributed by atoms with Crippen molar-refractivity contribution in [2.24, 2.45) is 5.73 Å². The third-order valence-corrected chi connectivity index (χ3v) is 3.23. The Morgan fingerprint density at radius 2 is 1.88 bits per heavy atom. The number of likely N-dealkylation sites (N-methyl/N-ethyl adjacent to an activating group) is 1. The zero-order chi connectivity index (χ0) is 16.4. The minimum Gasteiger partial charge on any atom is -0.492 e. The summed E-state index contributed by atoms with van der Waals surface area (Å²) in [6.45, 7) is 2.35. The lowest BCUT2D eigenvalue weighted by Crippen LogP contribution is -2.31. The number of nitrogens with zero attached hydrogens (tertiary/aromatic N) is 1. The molecule has 1 rings (SSSR count). The molecule has 1 amide bonds. The Kier molecular flexibility index (Phi) is 15.0. The minimum absolute atomic E-state index is 0. The molecule has 0 saturated heterocycles. The lowest BCUT2D eigenvalue weighted by Gasteiger charge is -2.13. The third-order valence-electron chi connectivity index (χ3n) is 3.23. The van der Waals surface area contributed by atoms with Gasteiger partial charge in [0.05, 0.1) is 12.5 Å². The monoisotopic (exact) mass is 381 g/mol. The topological polar surface area (TPSA) is 76.8 Å². The van der Waals surface area contributed by atoms with Crippen LogP contribution >= 0.6 is 24.8 Å². The fourth-order valence-electron chi connectivity index (χ4n) is 1.79. The zero-order valence-electron chi connectivity index (χ0n) is 14.5. The van der Waals surface area contributed by atoms with Crippen molar-refractivity contribution in [2.75, 3.05) is 40.9 Å². The fourth-order valence-corrected chi connectivity index (χ4v) is 1.79. The lowest BCUT2D eigenvalue weighted by molar-refractivity contribution is -0.123. The molecule has 8 heteroatoms. The van der Waals surface area contributed by atoms with Crippen LogP contribution in [0.15, 0.2) is 24.3 Å². The van der Waals surface area contributed by atoms with E-state index in [1.54, 1.807) is 7.11 Å². The van der Waals surface area contributed by atoms with Gasteiger partial charge in [-0.3, -0.25) is 4.79 Å². The molecule has 24 heavy (non-hydrogen) atoms. The van der Waals surface area contributed by atoms with Gasteiger partial charge in [0.25, 0.3) is 0 Å². The van der Waals surface area contributed by atoms with E-state index in [0.29, 0.717) is 19.7 Å². The Balaban J connectivity index is 0. The van der Waals surface area contributed by atoms with Crippen molar-refractivity contribution in [1.29, 1.82) is 0 Å². The SMILES string of the molecule is COC(CN)CC(=O)NCc1ccc(OCCN(C)C)cc1.Cl.Cl. The highest BCUT2D eigenvalue weighted by Crippen LogP contribution is 2.12. The Hall–Kier alpha value is -1.05. The Morgan fingerprint density at radius 3 is 2.38 bits per heavy atom. The molecule has 3 N–H and O–H groups in total. The molecule has 0 fully saturated rings. The van der Waals surface area contributed by atoms with Crippen molar-refractivity contribution in [3.63, 3.8) is 0 Å². The first-order valence-corrected chi connectivity index (χ1v) is 7.41. The summed E-state index contributed by atoms with van der Waals surface area (Å²) in [5.74, 6) is 0.767. The number of hydrogen-bond donors (Lipinski definition) is 2. The van der Waals surface area contributed by atoms with Gasteiger partial charge in [0.1, 0.15) is 12.4 Å². The summed E-state index contributed by atoms with van der Waals surface area (Å²) in [6, 6.07) is 7.72. The van der Waals surface area contributed by atoms with Crippen LogP contribution in [-0.2, 0) is 16.1 Å². The van der Waals surface area contributed by atoms with Crippen LogP contribution in [-0.4, -0.2) is 57.8 Å². The van der Waals surface area contributed by atoms with Crippen molar-refractivity contribution in [1.82, 2.24) is 10.2 Å². The van der Waals surface area contributed by atoms with Crippen LogP contribution in [0, 0.1) is 0 Å². The van der Waals surface area contributed by atoms with Gasteiger partial charge in [0, 0.05) is 26.7 Å². The average molecular weight is 382 g/mol. The number of nitrogens with one attached hydrogen (secondary N) is 1. The summed E-state index contributed by atoms with van der Waals surface area (Å²) in [5, 5.41) is 2.85.